The molecule has 2 aliphatic carbocycles. The molecule has 0 radical (unpaired) electrons. The van der Waals surface area contributed by atoms with Crippen molar-refractivity contribution in [1.82, 2.24) is 0 Å². The molecule has 1 nitrogen and oxygen atoms in total. The van der Waals surface area contributed by atoms with Crippen LogP contribution < -0.4 is 4.74 Å². The largest absolute Gasteiger partial charge is 0.432 e. The van der Waals surface area contributed by atoms with Gasteiger partial charge in [0.25, 0.3) is 0 Å². The SMILES string of the molecule is CCCC[C@@H]1CC[C@@H]2CC(c3ccc4c(F)c(OC(F)F)ccc4c3)CCC2C1. The topological polar surface area (TPSA) is 9.23 Å². The zero-order valence-electron chi connectivity index (χ0n) is 17.2. The van der Waals surface area contributed by atoms with Gasteiger partial charge in [0, 0.05) is 5.39 Å². The normalized spacial score (nSPS) is 27.2. The molecule has 4 atom stereocenters. The van der Waals surface area contributed by atoms with Gasteiger partial charge in [0.05, 0.1) is 0 Å². The van der Waals surface area contributed by atoms with E-state index in [4.69, 9.17) is 0 Å². The minimum Gasteiger partial charge on any atom is -0.432 e. The lowest BCUT2D eigenvalue weighted by Gasteiger charge is -2.42. The number of rotatable bonds is 6. The molecule has 0 spiro atoms. The summed E-state index contributed by atoms with van der Waals surface area (Å²) in [7, 11) is 0. The fraction of sp³-hybridized carbons (Fsp3) is 0.600. The van der Waals surface area contributed by atoms with Crippen molar-refractivity contribution in [3.05, 3.63) is 41.7 Å². The molecule has 29 heavy (non-hydrogen) atoms. The predicted molar refractivity (Wildman–Crippen MR) is 111 cm³/mol. The van der Waals surface area contributed by atoms with Gasteiger partial charge in [-0.15, -0.1) is 0 Å². The highest BCUT2D eigenvalue weighted by Crippen LogP contribution is 2.48. The fourth-order valence-corrected chi connectivity index (χ4v) is 5.78. The summed E-state index contributed by atoms with van der Waals surface area (Å²) in [5.74, 6) is 2.06. The molecule has 2 aromatic carbocycles. The van der Waals surface area contributed by atoms with E-state index >= 15 is 0 Å². The van der Waals surface area contributed by atoms with Crippen molar-refractivity contribution >= 4 is 10.8 Å². The molecule has 2 unspecified atom stereocenters. The highest BCUT2D eigenvalue weighted by molar-refractivity contribution is 5.85. The average Bonchev–Trinajstić information content (AvgIpc) is 2.73. The van der Waals surface area contributed by atoms with E-state index in [2.05, 4.69) is 11.7 Å². The zero-order valence-corrected chi connectivity index (χ0v) is 17.2. The number of hydrogen-bond acceptors (Lipinski definition) is 1. The van der Waals surface area contributed by atoms with E-state index in [9.17, 15) is 13.2 Å². The minimum atomic E-state index is -3.02. The lowest BCUT2D eigenvalue weighted by Crippen LogP contribution is -2.30. The van der Waals surface area contributed by atoms with Gasteiger partial charge in [-0.3, -0.25) is 0 Å². The van der Waals surface area contributed by atoms with E-state index in [-0.39, 0.29) is 5.75 Å². The lowest BCUT2D eigenvalue weighted by molar-refractivity contribution is -0.0520. The van der Waals surface area contributed by atoms with Gasteiger partial charge in [-0.2, -0.15) is 8.78 Å². The molecule has 4 rings (SSSR count). The smallest absolute Gasteiger partial charge is 0.387 e. The Labute approximate surface area is 171 Å². The Morgan fingerprint density at radius 3 is 2.59 bits per heavy atom. The fourth-order valence-electron chi connectivity index (χ4n) is 5.78. The van der Waals surface area contributed by atoms with E-state index in [1.54, 1.807) is 12.1 Å². The maximum atomic E-state index is 14.5. The van der Waals surface area contributed by atoms with Crippen LogP contribution in [0.1, 0.15) is 76.2 Å². The Bertz CT molecular complexity index is 834. The summed E-state index contributed by atoms with van der Waals surface area (Å²) < 4.78 is 43.7. The van der Waals surface area contributed by atoms with E-state index < -0.39 is 12.4 Å². The molecule has 0 bridgehead atoms. The molecular weight excluding hydrogens is 373 g/mol. The first kappa shape index (κ1) is 20.6. The second-order valence-corrected chi connectivity index (χ2v) is 9.09. The molecule has 2 aliphatic rings. The molecule has 0 aliphatic heterocycles. The van der Waals surface area contributed by atoms with Gasteiger partial charge in [0.1, 0.15) is 0 Å². The van der Waals surface area contributed by atoms with E-state index in [1.807, 2.05) is 12.1 Å². The van der Waals surface area contributed by atoms with Gasteiger partial charge >= 0.3 is 6.61 Å². The van der Waals surface area contributed by atoms with Crippen LogP contribution in [-0.2, 0) is 0 Å². The van der Waals surface area contributed by atoms with Crippen LogP contribution in [0.2, 0.25) is 0 Å². The van der Waals surface area contributed by atoms with Crippen molar-refractivity contribution in [3.8, 4) is 5.75 Å². The van der Waals surface area contributed by atoms with Crippen LogP contribution in [0.15, 0.2) is 30.3 Å². The number of benzene rings is 2. The van der Waals surface area contributed by atoms with Gasteiger partial charge in [-0.1, -0.05) is 56.9 Å². The predicted octanol–water partition coefficient (Wildman–Crippen LogP) is 8.07. The van der Waals surface area contributed by atoms with E-state index in [0.717, 1.165) is 23.1 Å². The van der Waals surface area contributed by atoms with Gasteiger partial charge in [0.2, 0.25) is 0 Å². The van der Waals surface area contributed by atoms with Crippen molar-refractivity contribution in [2.24, 2.45) is 17.8 Å². The summed E-state index contributed by atoms with van der Waals surface area (Å²) in [6.07, 6.45) is 11.9. The molecule has 0 saturated heterocycles. The Kier molecular flexibility index (Phi) is 6.36. The third-order valence-electron chi connectivity index (χ3n) is 7.32. The maximum Gasteiger partial charge on any atom is 0.387 e. The van der Waals surface area contributed by atoms with Crippen molar-refractivity contribution in [3.63, 3.8) is 0 Å². The van der Waals surface area contributed by atoms with Crippen LogP contribution in [0.25, 0.3) is 10.8 Å². The van der Waals surface area contributed by atoms with Crippen LogP contribution in [0.5, 0.6) is 5.75 Å². The number of alkyl halides is 2. The summed E-state index contributed by atoms with van der Waals surface area (Å²) in [6.45, 7) is -0.743. The Morgan fingerprint density at radius 1 is 1.00 bits per heavy atom. The first-order valence-corrected chi connectivity index (χ1v) is 11.2. The summed E-state index contributed by atoms with van der Waals surface area (Å²) >= 11 is 0. The molecule has 0 amide bonds. The van der Waals surface area contributed by atoms with Crippen LogP contribution in [0.3, 0.4) is 0 Å². The van der Waals surface area contributed by atoms with Crippen molar-refractivity contribution in [2.75, 3.05) is 0 Å². The van der Waals surface area contributed by atoms with Gasteiger partial charge in [-0.25, -0.2) is 4.39 Å². The quantitative estimate of drug-likeness (QED) is 0.473. The van der Waals surface area contributed by atoms with E-state index in [1.165, 1.54) is 69.4 Å². The number of hydrogen-bond donors (Lipinski definition) is 0. The van der Waals surface area contributed by atoms with Crippen molar-refractivity contribution < 1.29 is 17.9 Å². The lowest BCUT2D eigenvalue weighted by atomic mass is 9.63. The summed E-state index contributed by atoms with van der Waals surface area (Å²) in [4.78, 5) is 0. The van der Waals surface area contributed by atoms with Gasteiger partial charge in [-0.05, 0) is 72.8 Å². The molecule has 0 aromatic heterocycles. The molecule has 158 valence electrons. The first-order valence-electron chi connectivity index (χ1n) is 11.2. The Hall–Kier alpha value is -1.71. The second-order valence-electron chi connectivity index (χ2n) is 9.09. The van der Waals surface area contributed by atoms with Crippen molar-refractivity contribution in [1.29, 1.82) is 0 Å². The number of unbranched alkanes of at least 4 members (excludes halogenated alkanes) is 1. The Balaban J connectivity index is 1.46. The zero-order chi connectivity index (χ0) is 20.4. The molecule has 4 heteroatoms. The van der Waals surface area contributed by atoms with Crippen LogP contribution in [0, 0.1) is 23.6 Å². The molecule has 2 saturated carbocycles. The highest BCUT2D eigenvalue weighted by atomic mass is 19.3. The minimum absolute atomic E-state index is 0.344. The van der Waals surface area contributed by atoms with Gasteiger partial charge < -0.3 is 4.74 Å². The third-order valence-corrected chi connectivity index (χ3v) is 7.32. The standard InChI is InChI=1S/C25H31F3O/c1-2-3-4-16-5-6-18-14-19(8-7-17(18)13-16)20-9-11-22-21(15-20)10-12-23(24(22)26)29-25(27)28/h9-12,15-19,25H,2-8,13-14H2,1H3/t16-,17?,18-,19?/m1/s1. The number of ether oxygens (including phenoxy) is 1. The monoisotopic (exact) mass is 404 g/mol. The van der Waals surface area contributed by atoms with Crippen LogP contribution in [-0.4, -0.2) is 6.61 Å². The van der Waals surface area contributed by atoms with Crippen LogP contribution in [0.4, 0.5) is 13.2 Å². The number of fused-ring (bicyclic) bond motifs is 2. The molecule has 2 aromatic rings. The highest BCUT2D eigenvalue weighted by Gasteiger charge is 2.35. The average molecular weight is 405 g/mol. The third kappa shape index (κ3) is 4.57. The Morgan fingerprint density at radius 2 is 1.79 bits per heavy atom. The molecular formula is C25H31F3O. The summed E-state index contributed by atoms with van der Waals surface area (Å²) in [5.41, 5.74) is 1.26. The number of halogens is 3. The molecule has 0 N–H and O–H groups in total. The van der Waals surface area contributed by atoms with Gasteiger partial charge in [0.15, 0.2) is 11.6 Å². The summed E-state index contributed by atoms with van der Waals surface area (Å²) in [6, 6.07) is 8.75. The summed E-state index contributed by atoms with van der Waals surface area (Å²) in [5, 5.41) is 1.10. The van der Waals surface area contributed by atoms with Crippen LogP contribution >= 0.6 is 0 Å². The van der Waals surface area contributed by atoms with E-state index in [0.29, 0.717) is 11.3 Å². The maximum absolute atomic E-state index is 14.5. The first-order chi connectivity index (χ1) is 14.0. The molecule has 0 heterocycles. The second kappa shape index (κ2) is 8.97. The molecule has 2 fully saturated rings. The van der Waals surface area contributed by atoms with Crippen molar-refractivity contribution in [2.45, 2.75) is 77.2 Å².